The minimum Gasteiger partial charge on any atom is -0.352 e. The molecule has 2 aromatic rings. The summed E-state index contributed by atoms with van der Waals surface area (Å²) in [5, 5.41) is 3.51. The van der Waals surface area contributed by atoms with Crippen molar-refractivity contribution in [3.8, 4) is 0 Å². The second-order valence-corrected chi connectivity index (χ2v) is 9.69. The highest BCUT2D eigenvalue weighted by Crippen LogP contribution is 2.22. The smallest absolute Gasteiger partial charge is 0.224 e. The minimum absolute atomic E-state index is 0.0815. The number of amides is 1. The average Bonchev–Trinajstić information content (AvgIpc) is 2.69. The summed E-state index contributed by atoms with van der Waals surface area (Å²) in [6.45, 7) is 3.16. The van der Waals surface area contributed by atoms with E-state index in [9.17, 15) is 13.2 Å². The van der Waals surface area contributed by atoms with Crippen LogP contribution in [0, 0.1) is 12.8 Å². The Bertz CT molecular complexity index is 912. The predicted molar refractivity (Wildman–Crippen MR) is 111 cm³/mol. The van der Waals surface area contributed by atoms with Crippen molar-refractivity contribution in [1.82, 2.24) is 9.62 Å². The van der Waals surface area contributed by atoms with Crippen LogP contribution in [-0.4, -0.2) is 31.7 Å². The number of hydrogen-bond acceptors (Lipinski definition) is 3. The number of nitrogens with one attached hydrogen (secondary N) is 1. The number of nitrogens with zero attached hydrogens (tertiary/aromatic N) is 1. The van der Waals surface area contributed by atoms with E-state index in [0.29, 0.717) is 36.5 Å². The van der Waals surface area contributed by atoms with Crippen molar-refractivity contribution < 1.29 is 13.2 Å². The molecule has 1 fully saturated rings. The molecule has 3 rings (SSSR count). The third-order valence-corrected chi connectivity index (χ3v) is 7.07. The maximum absolute atomic E-state index is 12.8. The molecule has 1 amide bonds. The van der Waals surface area contributed by atoms with Crippen LogP contribution in [0.5, 0.6) is 0 Å². The fourth-order valence-corrected chi connectivity index (χ4v) is 5.07. The molecule has 28 heavy (non-hydrogen) atoms. The molecule has 0 bridgehead atoms. The quantitative estimate of drug-likeness (QED) is 0.777. The van der Waals surface area contributed by atoms with Gasteiger partial charge in [-0.25, -0.2) is 12.7 Å². The Morgan fingerprint density at radius 3 is 2.43 bits per heavy atom. The first-order chi connectivity index (χ1) is 13.3. The molecule has 1 atom stereocenters. The highest BCUT2D eigenvalue weighted by molar-refractivity contribution is 7.88. The second kappa shape index (κ2) is 9.07. The number of carbonyl (C=O) groups excluding carboxylic acids is 1. The van der Waals surface area contributed by atoms with Crippen LogP contribution >= 0.6 is 11.6 Å². The van der Waals surface area contributed by atoms with Gasteiger partial charge in [0.25, 0.3) is 0 Å². The van der Waals surface area contributed by atoms with E-state index in [-0.39, 0.29) is 24.1 Å². The van der Waals surface area contributed by atoms with Crippen LogP contribution in [0.4, 0.5) is 0 Å². The first kappa shape index (κ1) is 20.8. The van der Waals surface area contributed by atoms with E-state index in [1.807, 2.05) is 31.2 Å². The molecule has 0 radical (unpaired) electrons. The number of piperidine rings is 1. The fraction of sp³-hybridized carbons (Fsp3) is 0.381. The van der Waals surface area contributed by atoms with Gasteiger partial charge in [0, 0.05) is 24.7 Å². The number of halogens is 1. The molecule has 0 spiro atoms. The lowest BCUT2D eigenvalue weighted by molar-refractivity contribution is -0.126. The maximum atomic E-state index is 12.8. The third-order valence-electron chi connectivity index (χ3n) is 5.00. The zero-order chi connectivity index (χ0) is 20.1. The molecule has 1 heterocycles. The van der Waals surface area contributed by atoms with Crippen LogP contribution in [-0.2, 0) is 27.1 Å². The van der Waals surface area contributed by atoms with Gasteiger partial charge in [-0.1, -0.05) is 53.6 Å². The van der Waals surface area contributed by atoms with Crippen molar-refractivity contribution in [3.05, 3.63) is 70.2 Å². The molecule has 0 unspecified atom stereocenters. The van der Waals surface area contributed by atoms with Crippen LogP contribution in [0.15, 0.2) is 48.5 Å². The fourth-order valence-electron chi connectivity index (χ4n) is 3.33. The zero-order valence-electron chi connectivity index (χ0n) is 15.9. The van der Waals surface area contributed by atoms with Crippen molar-refractivity contribution in [2.75, 3.05) is 13.1 Å². The first-order valence-electron chi connectivity index (χ1n) is 9.39. The lowest BCUT2D eigenvalue weighted by Crippen LogP contribution is -2.45. The standard InChI is InChI=1S/C21H25ClN2O3S/c1-16-4-6-17(7-5-16)13-23-21(25)19-3-2-12-24(14-19)28(26,27)15-18-8-10-20(22)11-9-18/h4-11,19H,2-3,12-15H2,1H3,(H,23,25)/t19-/m1/s1. The molecule has 1 saturated heterocycles. The number of rotatable bonds is 6. The van der Waals surface area contributed by atoms with Crippen molar-refractivity contribution in [2.45, 2.75) is 32.1 Å². The zero-order valence-corrected chi connectivity index (χ0v) is 17.5. The van der Waals surface area contributed by atoms with Gasteiger partial charge in [-0.05, 0) is 43.0 Å². The number of sulfonamides is 1. The van der Waals surface area contributed by atoms with Gasteiger partial charge in [0.2, 0.25) is 15.9 Å². The van der Waals surface area contributed by atoms with Gasteiger partial charge in [-0.2, -0.15) is 0 Å². The molecule has 0 saturated carbocycles. The van der Waals surface area contributed by atoms with Crippen LogP contribution < -0.4 is 5.32 Å². The number of benzene rings is 2. The minimum atomic E-state index is -3.48. The van der Waals surface area contributed by atoms with Gasteiger partial charge >= 0.3 is 0 Å². The third kappa shape index (κ3) is 5.56. The molecule has 7 heteroatoms. The second-order valence-electron chi connectivity index (χ2n) is 7.28. The summed E-state index contributed by atoms with van der Waals surface area (Å²) in [7, 11) is -3.48. The van der Waals surface area contributed by atoms with E-state index in [1.165, 1.54) is 9.87 Å². The van der Waals surface area contributed by atoms with E-state index in [2.05, 4.69) is 5.32 Å². The number of carbonyl (C=O) groups is 1. The Labute approximate surface area is 171 Å². The molecule has 2 aromatic carbocycles. The molecular weight excluding hydrogens is 396 g/mol. The summed E-state index contributed by atoms with van der Waals surface area (Å²) < 4.78 is 27.0. The summed E-state index contributed by atoms with van der Waals surface area (Å²) in [6, 6.07) is 14.8. The molecule has 0 aromatic heterocycles. The van der Waals surface area contributed by atoms with Gasteiger partial charge < -0.3 is 5.32 Å². The Balaban J connectivity index is 1.58. The van der Waals surface area contributed by atoms with Crippen LogP contribution in [0.3, 0.4) is 0 Å². The SMILES string of the molecule is Cc1ccc(CNC(=O)[C@@H]2CCCN(S(=O)(=O)Cc3ccc(Cl)cc3)C2)cc1. The molecular formula is C21H25ClN2O3S. The van der Waals surface area contributed by atoms with E-state index in [1.54, 1.807) is 24.3 Å². The van der Waals surface area contributed by atoms with E-state index >= 15 is 0 Å². The average molecular weight is 421 g/mol. The van der Waals surface area contributed by atoms with Crippen molar-refractivity contribution in [3.63, 3.8) is 0 Å². The highest BCUT2D eigenvalue weighted by Gasteiger charge is 2.32. The first-order valence-corrected chi connectivity index (χ1v) is 11.4. The Hall–Kier alpha value is -1.89. The van der Waals surface area contributed by atoms with E-state index in [4.69, 9.17) is 11.6 Å². The summed E-state index contributed by atoms with van der Waals surface area (Å²) in [5.41, 5.74) is 2.89. The lowest BCUT2D eigenvalue weighted by Gasteiger charge is -2.31. The molecule has 5 nitrogen and oxygen atoms in total. The Kier molecular flexibility index (Phi) is 6.75. The lowest BCUT2D eigenvalue weighted by atomic mass is 9.98. The monoisotopic (exact) mass is 420 g/mol. The van der Waals surface area contributed by atoms with Crippen LogP contribution in [0.2, 0.25) is 5.02 Å². The summed E-state index contributed by atoms with van der Waals surface area (Å²) in [6.07, 6.45) is 1.38. The van der Waals surface area contributed by atoms with Gasteiger partial charge in [0.1, 0.15) is 0 Å². The highest BCUT2D eigenvalue weighted by atomic mass is 35.5. The topological polar surface area (TPSA) is 66.5 Å². The van der Waals surface area contributed by atoms with Gasteiger partial charge in [0.05, 0.1) is 11.7 Å². The van der Waals surface area contributed by atoms with Crippen LogP contribution in [0.1, 0.15) is 29.5 Å². The summed E-state index contributed by atoms with van der Waals surface area (Å²) in [4.78, 5) is 12.6. The van der Waals surface area contributed by atoms with E-state index < -0.39 is 10.0 Å². The molecule has 1 N–H and O–H groups in total. The number of aryl methyl sites for hydroxylation is 1. The Morgan fingerprint density at radius 1 is 1.11 bits per heavy atom. The normalized spacial score (nSPS) is 18.0. The van der Waals surface area contributed by atoms with E-state index in [0.717, 1.165) is 5.56 Å². The molecule has 1 aliphatic heterocycles. The van der Waals surface area contributed by atoms with Crippen LogP contribution in [0.25, 0.3) is 0 Å². The molecule has 150 valence electrons. The maximum Gasteiger partial charge on any atom is 0.224 e. The predicted octanol–water partition coefficient (Wildman–Crippen LogP) is 3.51. The van der Waals surface area contributed by atoms with Crippen molar-refractivity contribution in [2.24, 2.45) is 5.92 Å². The largest absolute Gasteiger partial charge is 0.352 e. The Morgan fingerprint density at radius 2 is 1.75 bits per heavy atom. The number of hydrogen-bond donors (Lipinski definition) is 1. The summed E-state index contributed by atoms with van der Waals surface area (Å²) >= 11 is 5.86. The molecule has 0 aliphatic carbocycles. The summed E-state index contributed by atoms with van der Waals surface area (Å²) in [5.74, 6) is -0.492. The molecule has 1 aliphatic rings. The van der Waals surface area contributed by atoms with Crippen molar-refractivity contribution in [1.29, 1.82) is 0 Å². The van der Waals surface area contributed by atoms with Crippen molar-refractivity contribution >= 4 is 27.5 Å². The van der Waals surface area contributed by atoms with Gasteiger partial charge in [0.15, 0.2) is 0 Å². The van der Waals surface area contributed by atoms with Gasteiger partial charge in [-0.15, -0.1) is 0 Å². The van der Waals surface area contributed by atoms with Gasteiger partial charge in [-0.3, -0.25) is 4.79 Å².